The van der Waals surface area contributed by atoms with Gasteiger partial charge in [0.25, 0.3) is 0 Å². The van der Waals surface area contributed by atoms with Crippen LogP contribution in [0.25, 0.3) is 21.7 Å². The second-order valence-electron chi connectivity index (χ2n) is 5.07. The van der Waals surface area contributed by atoms with Crippen molar-refractivity contribution >= 4 is 21.6 Å². The van der Waals surface area contributed by atoms with Gasteiger partial charge in [0, 0.05) is 24.9 Å². The van der Waals surface area contributed by atoms with Gasteiger partial charge in [0.1, 0.15) is 0 Å². The fraction of sp³-hybridized carbons (Fsp3) is 0.357. The van der Waals surface area contributed by atoms with Gasteiger partial charge in [-0.2, -0.15) is 0 Å². The molecule has 3 heterocycles. The number of thiophene rings is 1. The smallest absolute Gasteiger partial charge is 0.154 e. The number of fused-ring (bicyclic) bond motifs is 1. The van der Waals surface area contributed by atoms with Gasteiger partial charge in [0.05, 0.1) is 15.9 Å². The first-order valence-electron chi connectivity index (χ1n) is 6.41. The molecule has 1 aliphatic rings. The van der Waals surface area contributed by atoms with E-state index in [1.54, 1.807) is 11.3 Å². The minimum absolute atomic E-state index is 0.715. The summed E-state index contributed by atoms with van der Waals surface area (Å²) in [6.45, 7) is 0. The predicted octanol–water partition coefficient (Wildman–Crippen LogP) is 3.90. The lowest BCUT2D eigenvalue weighted by molar-refractivity contribution is 0.412. The van der Waals surface area contributed by atoms with E-state index < -0.39 is 0 Å². The van der Waals surface area contributed by atoms with Crippen LogP contribution in [0.5, 0.6) is 0 Å². The topological polar surface area (TPSA) is 33.6 Å². The maximum absolute atomic E-state index is 4.55. The molecule has 4 heteroatoms. The predicted molar refractivity (Wildman–Crippen MR) is 75.0 cm³/mol. The Morgan fingerprint density at radius 3 is 3.06 bits per heavy atom. The largest absolute Gasteiger partial charge is 0.340 e. The Hall–Kier alpha value is -1.55. The fourth-order valence-electron chi connectivity index (χ4n) is 2.67. The van der Waals surface area contributed by atoms with Crippen molar-refractivity contribution in [2.75, 3.05) is 0 Å². The van der Waals surface area contributed by atoms with E-state index in [1.165, 1.54) is 40.9 Å². The molecule has 0 amide bonds. The maximum Gasteiger partial charge on any atom is 0.154 e. The van der Waals surface area contributed by atoms with Crippen LogP contribution in [-0.4, -0.2) is 14.5 Å². The maximum atomic E-state index is 4.55. The van der Waals surface area contributed by atoms with Gasteiger partial charge in [-0.25, -0.2) is 4.98 Å². The van der Waals surface area contributed by atoms with Crippen molar-refractivity contribution < 1.29 is 0 Å². The number of hydrogen-bond donors (Lipinski definition) is 1. The Bertz CT molecular complexity index is 700. The summed E-state index contributed by atoms with van der Waals surface area (Å²) in [5.74, 6) is 1.72. The van der Waals surface area contributed by atoms with Crippen LogP contribution in [0.15, 0.2) is 23.7 Å². The van der Waals surface area contributed by atoms with E-state index >= 15 is 0 Å². The first-order valence-corrected chi connectivity index (χ1v) is 7.29. The van der Waals surface area contributed by atoms with Crippen LogP contribution < -0.4 is 0 Å². The summed E-state index contributed by atoms with van der Waals surface area (Å²) >= 11 is 1.78. The molecule has 1 fully saturated rings. The van der Waals surface area contributed by atoms with Crippen molar-refractivity contribution in [3.63, 3.8) is 0 Å². The summed E-state index contributed by atoms with van der Waals surface area (Å²) < 4.78 is 3.55. The second kappa shape index (κ2) is 3.72. The zero-order chi connectivity index (χ0) is 12.1. The molecule has 1 N–H and O–H groups in total. The van der Waals surface area contributed by atoms with Crippen LogP contribution in [0.2, 0.25) is 0 Å². The normalized spacial score (nSPS) is 16.3. The number of nitrogens with one attached hydrogen (secondary N) is 1. The Morgan fingerprint density at radius 1 is 1.44 bits per heavy atom. The molecule has 3 aromatic heterocycles. The lowest BCUT2D eigenvalue weighted by Gasteiger charge is -2.23. The van der Waals surface area contributed by atoms with Gasteiger partial charge >= 0.3 is 0 Å². The monoisotopic (exact) mass is 257 g/mol. The lowest BCUT2D eigenvalue weighted by atomic mass is 9.83. The van der Waals surface area contributed by atoms with Crippen LogP contribution in [0.4, 0.5) is 0 Å². The quantitative estimate of drug-likeness (QED) is 0.742. The standard InChI is InChI=1S/C14H15N3S/c1-17-11-5-6-18-13(11)7-12(17)14-15-8-10(16-14)9-3-2-4-9/h5-9H,2-4H2,1H3,(H,15,16). The molecule has 4 rings (SSSR count). The molecule has 1 saturated carbocycles. The van der Waals surface area contributed by atoms with Crippen molar-refractivity contribution in [2.24, 2.45) is 7.05 Å². The molecule has 0 atom stereocenters. The van der Waals surface area contributed by atoms with Crippen molar-refractivity contribution in [1.82, 2.24) is 14.5 Å². The van der Waals surface area contributed by atoms with Crippen molar-refractivity contribution in [3.8, 4) is 11.5 Å². The van der Waals surface area contributed by atoms with Crippen molar-refractivity contribution in [1.29, 1.82) is 0 Å². The Balaban J connectivity index is 1.79. The number of nitrogens with zero attached hydrogens (tertiary/aromatic N) is 2. The molecule has 0 saturated heterocycles. The highest BCUT2D eigenvalue weighted by Gasteiger charge is 2.22. The molecule has 0 unspecified atom stereocenters. The van der Waals surface area contributed by atoms with Crippen LogP contribution >= 0.6 is 11.3 Å². The van der Waals surface area contributed by atoms with E-state index in [9.17, 15) is 0 Å². The van der Waals surface area contributed by atoms with E-state index in [1.807, 2.05) is 6.20 Å². The summed E-state index contributed by atoms with van der Waals surface area (Å²) in [4.78, 5) is 8.05. The average molecular weight is 257 g/mol. The highest BCUT2D eigenvalue weighted by Crippen LogP contribution is 2.36. The van der Waals surface area contributed by atoms with Gasteiger partial charge in [-0.15, -0.1) is 11.3 Å². The van der Waals surface area contributed by atoms with E-state index in [-0.39, 0.29) is 0 Å². The summed E-state index contributed by atoms with van der Waals surface area (Å²) in [7, 11) is 2.11. The van der Waals surface area contributed by atoms with E-state index in [2.05, 4.69) is 39.1 Å². The van der Waals surface area contributed by atoms with Gasteiger partial charge in [-0.05, 0) is 30.4 Å². The van der Waals surface area contributed by atoms with Gasteiger partial charge in [-0.3, -0.25) is 0 Å². The fourth-order valence-corrected chi connectivity index (χ4v) is 3.52. The first-order chi connectivity index (χ1) is 8.83. The zero-order valence-corrected chi connectivity index (χ0v) is 11.1. The molecule has 3 aromatic rings. The molecular weight excluding hydrogens is 242 g/mol. The molecular formula is C14H15N3S. The lowest BCUT2D eigenvalue weighted by Crippen LogP contribution is -2.08. The summed E-state index contributed by atoms with van der Waals surface area (Å²) in [6.07, 6.45) is 5.99. The number of H-pyrrole nitrogens is 1. The zero-order valence-electron chi connectivity index (χ0n) is 10.3. The van der Waals surface area contributed by atoms with E-state index in [0.717, 1.165) is 5.82 Å². The highest BCUT2D eigenvalue weighted by molar-refractivity contribution is 7.17. The van der Waals surface area contributed by atoms with E-state index in [0.29, 0.717) is 5.92 Å². The SMILES string of the molecule is Cn1c(-c2ncc(C3CCC3)[nH]2)cc2sccc21. The summed E-state index contributed by atoms with van der Waals surface area (Å²) in [6, 6.07) is 4.39. The van der Waals surface area contributed by atoms with Crippen LogP contribution in [-0.2, 0) is 7.05 Å². The highest BCUT2D eigenvalue weighted by atomic mass is 32.1. The third-order valence-electron chi connectivity index (χ3n) is 4.05. The summed E-state index contributed by atoms with van der Waals surface area (Å²) in [5.41, 5.74) is 3.78. The molecule has 0 bridgehead atoms. The minimum Gasteiger partial charge on any atom is -0.340 e. The Kier molecular flexibility index (Phi) is 2.14. The van der Waals surface area contributed by atoms with Gasteiger partial charge in [0.15, 0.2) is 5.82 Å². The molecule has 1 aliphatic carbocycles. The molecule has 3 nitrogen and oxygen atoms in total. The van der Waals surface area contributed by atoms with Crippen LogP contribution in [0.1, 0.15) is 30.9 Å². The number of aromatic amines is 1. The average Bonchev–Trinajstić information content (AvgIpc) is 2.94. The van der Waals surface area contributed by atoms with Gasteiger partial charge < -0.3 is 9.55 Å². The number of hydrogen-bond acceptors (Lipinski definition) is 2. The molecule has 0 aliphatic heterocycles. The van der Waals surface area contributed by atoms with Gasteiger partial charge in [-0.1, -0.05) is 6.42 Å². The van der Waals surface area contributed by atoms with Gasteiger partial charge in [0.2, 0.25) is 0 Å². The molecule has 18 heavy (non-hydrogen) atoms. The van der Waals surface area contributed by atoms with Crippen LogP contribution in [0, 0.1) is 0 Å². The van der Waals surface area contributed by atoms with Crippen molar-refractivity contribution in [3.05, 3.63) is 29.4 Å². The minimum atomic E-state index is 0.715. The molecule has 0 radical (unpaired) electrons. The second-order valence-corrected chi connectivity index (χ2v) is 6.02. The van der Waals surface area contributed by atoms with Crippen molar-refractivity contribution in [2.45, 2.75) is 25.2 Å². The number of rotatable bonds is 2. The third-order valence-corrected chi connectivity index (χ3v) is 4.90. The number of aromatic nitrogens is 3. The summed E-state index contributed by atoms with van der Waals surface area (Å²) in [5, 5.41) is 2.14. The first kappa shape index (κ1) is 10.4. The number of aryl methyl sites for hydroxylation is 1. The molecule has 92 valence electrons. The third kappa shape index (κ3) is 1.38. The number of imidazole rings is 1. The Labute approximate surface area is 109 Å². The molecule has 0 aromatic carbocycles. The Morgan fingerprint density at radius 2 is 2.33 bits per heavy atom. The van der Waals surface area contributed by atoms with E-state index in [4.69, 9.17) is 0 Å². The van der Waals surface area contributed by atoms with Crippen LogP contribution in [0.3, 0.4) is 0 Å². The molecule has 0 spiro atoms.